The Hall–Kier alpha value is 0.190. The van der Waals surface area contributed by atoms with Crippen molar-refractivity contribution in [2.45, 2.75) is 38.1 Å². The molecule has 0 aliphatic rings. The van der Waals surface area contributed by atoms with E-state index in [1.807, 2.05) is 46.9 Å². The van der Waals surface area contributed by atoms with Crippen molar-refractivity contribution in [3.05, 3.63) is 0 Å². The highest BCUT2D eigenvalue weighted by atomic mass is 31.0. The largest absolute Gasteiger partial charge is 0.390 e. The summed E-state index contributed by atoms with van der Waals surface area (Å²) in [5.41, 5.74) is 0. The predicted molar refractivity (Wildman–Crippen MR) is 85.3 cm³/mol. The molecule has 0 aromatic rings. The van der Waals surface area contributed by atoms with Gasteiger partial charge in [-0.05, 0) is 42.0 Å². The molecule has 5 atom stereocenters. The first-order chi connectivity index (χ1) is 8.81. The van der Waals surface area contributed by atoms with Gasteiger partial charge in [0.1, 0.15) is 0 Å². The second-order valence-electron chi connectivity index (χ2n) is 4.91. The number of aliphatic hydroxyl groups excluding tert-OH is 2. The van der Waals surface area contributed by atoms with Gasteiger partial charge < -0.3 is 25.7 Å². The molecule has 5 N–H and O–H groups in total. The first kappa shape index (κ1) is 21.5. The minimum absolute atomic E-state index is 0.127. The van der Waals surface area contributed by atoms with Crippen molar-refractivity contribution in [2.24, 2.45) is 0 Å². The molecule has 0 spiro atoms. The van der Waals surface area contributed by atoms with Crippen LogP contribution in [-0.2, 0) is 0 Å². The zero-order valence-corrected chi connectivity index (χ0v) is 14.3. The normalized spacial score (nSPS) is 17.4. The predicted octanol–water partition coefficient (Wildman–Crippen LogP) is -1.15. The Morgan fingerprint density at radius 3 is 1.74 bits per heavy atom. The second-order valence-corrected chi connectivity index (χ2v) is 5.24. The molecule has 6 nitrogen and oxygen atoms in total. The van der Waals surface area contributed by atoms with Gasteiger partial charge in [0.15, 0.2) is 0 Å². The molecule has 0 fully saturated rings. The number of hydrogen-bond donors (Lipinski definition) is 5. The fraction of sp³-hybridized carbons (Fsp3) is 1.00. The molecule has 0 amide bonds. The maximum atomic E-state index is 9.38. The molecule has 0 aromatic carbocycles. The number of aliphatic hydroxyl groups is 2. The summed E-state index contributed by atoms with van der Waals surface area (Å²) in [5.74, 6) is 0. The lowest BCUT2D eigenvalue weighted by Crippen LogP contribution is -2.41. The molecule has 0 saturated carbocycles. The van der Waals surface area contributed by atoms with Crippen LogP contribution in [0, 0.1) is 0 Å². The Morgan fingerprint density at radius 2 is 1.42 bits per heavy atom. The van der Waals surface area contributed by atoms with Crippen molar-refractivity contribution >= 4 is 9.39 Å². The summed E-state index contributed by atoms with van der Waals surface area (Å²) in [6.07, 6.45) is -0.590. The number of rotatable bonds is 8. The molecule has 0 bridgehead atoms. The molecule has 0 aliphatic heterocycles. The summed E-state index contributed by atoms with van der Waals surface area (Å²) in [5, 5.41) is 27.2. The van der Waals surface area contributed by atoms with E-state index in [0.29, 0.717) is 13.1 Å². The highest BCUT2D eigenvalue weighted by Gasteiger charge is 2.14. The lowest BCUT2D eigenvalue weighted by Gasteiger charge is -2.24. The summed E-state index contributed by atoms with van der Waals surface area (Å²) in [7, 11) is 9.96. The molecular formula is C12H33N4O2P. The third-order valence-electron chi connectivity index (χ3n) is 3.04. The number of likely N-dealkylation sites (N-methyl/N-ethyl adjacent to an activating group) is 3. The first-order valence-corrected chi connectivity index (χ1v) is 7.17. The fourth-order valence-corrected chi connectivity index (χ4v) is 1.44. The topological polar surface area (TPSA) is 79.8 Å². The Morgan fingerprint density at radius 1 is 1.00 bits per heavy atom. The minimum Gasteiger partial charge on any atom is -0.390 e. The van der Waals surface area contributed by atoms with Crippen LogP contribution in [0.2, 0.25) is 0 Å². The lowest BCUT2D eigenvalue weighted by molar-refractivity contribution is 0.0868. The van der Waals surface area contributed by atoms with Crippen molar-refractivity contribution < 1.29 is 10.2 Å². The molecular weight excluding hydrogens is 263 g/mol. The van der Waals surface area contributed by atoms with E-state index in [0.717, 1.165) is 0 Å². The number of nitrogens with one attached hydrogen (secondary N) is 3. The molecule has 0 saturated heterocycles. The van der Waals surface area contributed by atoms with Gasteiger partial charge in [-0.3, -0.25) is 5.09 Å². The molecule has 118 valence electrons. The van der Waals surface area contributed by atoms with Crippen LogP contribution in [0.1, 0.15) is 13.8 Å². The van der Waals surface area contributed by atoms with Gasteiger partial charge in [0.25, 0.3) is 0 Å². The van der Waals surface area contributed by atoms with E-state index in [9.17, 15) is 10.2 Å². The van der Waals surface area contributed by atoms with E-state index < -0.39 is 0 Å². The van der Waals surface area contributed by atoms with Gasteiger partial charge in [0.2, 0.25) is 0 Å². The Kier molecular flexibility index (Phi) is 14.9. The monoisotopic (exact) mass is 296 g/mol. The molecule has 19 heavy (non-hydrogen) atoms. The fourth-order valence-electron chi connectivity index (χ4n) is 1.22. The summed E-state index contributed by atoms with van der Waals surface area (Å²) in [6.45, 7) is 5.21. The van der Waals surface area contributed by atoms with Crippen LogP contribution in [0.15, 0.2) is 0 Å². The van der Waals surface area contributed by atoms with Gasteiger partial charge in [-0.2, -0.15) is 0 Å². The van der Waals surface area contributed by atoms with Crippen LogP contribution in [0.3, 0.4) is 0 Å². The van der Waals surface area contributed by atoms with Crippen molar-refractivity contribution in [1.82, 2.24) is 20.6 Å². The van der Waals surface area contributed by atoms with Crippen molar-refractivity contribution in [3.8, 4) is 0 Å². The average molecular weight is 296 g/mol. The lowest BCUT2D eigenvalue weighted by atomic mass is 10.2. The summed E-state index contributed by atoms with van der Waals surface area (Å²) in [4.78, 5) is 2.00. The van der Waals surface area contributed by atoms with E-state index in [1.165, 1.54) is 0 Å². The van der Waals surface area contributed by atoms with Crippen LogP contribution in [0.4, 0.5) is 0 Å². The summed E-state index contributed by atoms with van der Waals surface area (Å²) >= 11 is 0. The Bertz CT molecular complexity index is 199. The van der Waals surface area contributed by atoms with Crippen LogP contribution < -0.4 is 15.7 Å². The van der Waals surface area contributed by atoms with Crippen LogP contribution >= 0.6 is 9.39 Å². The molecule has 0 radical (unpaired) electrons. The van der Waals surface area contributed by atoms with E-state index in [4.69, 9.17) is 0 Å². The summed E-state index contributed by atoms with van der Waals surface area (Å²) in [6, 6.07) is 0.342. The smallest absolute Gasteiger partial charge is 0.0817 e. The maximum Gasteiger partial charge on any atom is 0.0817 e. The second kappa shape index (κ2) is 13.2. The van der Waals surface area contributed by atoms with Gasteiger partial charge in [-0.15, -0.1) is 0 Å². The van der Waals surface area contributed by atoms with Crippen molar-refractivity contribution in [1.29, 1.82) is 0 Å². The van der Waals surface area contributed by atoms with Gasteiger partial charge >= 0.3 is 0 Å². The van der Waals surface area contributed by atoms with E-state index in [1.54, 1.807) is 0 Å². The molecule has 0 aromatic heterocycles. The molecule has 7 heteroatoms. The van der Waals surface area contributed by atoms with Crippen LogP contribution in [0.25, 0.3) is 0 Å². The van der Waals surface area contributed by atoms with Gasteiger partial charge in [0, 0.05) is 25.2 Å². The highest BCUT2D eigenvalue weighted by Crippen LogP contribution is 1.97. The zero-order chi connectivity index (χ0) is 15.4. The first-order valence-electron chi connectivity index (χ1n) is 6.59. The molecule has 0 aliphatic carbocycles. The maximum absolute atomic E-state index is 9.38. The van der Waals surface area contributed by atoms with Crippen LogP contribution in [0.5, 0.6) is 0 Å². The average Bonchev–Trinajstić information content (AvgIpc) is 2.37. The Balaban J connectivity index is 0. The molecule has 3 unspecified atom stereocenters. The van der Waals surface area contributed by atoms with Crippen molar-refractivity contribution in [3.63, 3.8) is 0 Å². The SMILES string of the molecule is CNC[C@@H](O)C(C)N(C)C.CNC[C@@H](O)C(C)NP. The quantitative estimate of drug-likeness (QED) is 0.364. The highest BCUT2D eigenvalue weighted by molar-refractivity contribution is 7.13. The minimum atomic E-state index is -0.313. The third-order valence-corrected chi connectivity index (χ3v) is 3.56. The third kappa shape index (κ3) is 11.7. The van der Waals surface area contributed by atoms with E-state index >= 15 is 0 Å². The molecule has 0 rings (SSSR count). The standard InChI is InChI=1S/C7H18N2O.C5H15N2OP/c1-6(9(3)4)7(10)5-8-2;1-4(7-9)5(8)3-6-2/h6-8,10H,5H2,1-4H3;4-8H,3,9H2,1-2H3/t6?,7-;4?,5-/m11/s1. The van der Waals surface area contributed by atoms with E-state index in [-0.39, 0.29) is 24.3 Å². The van der Waals surface area contributed by atoms with Crippen LogP contribution in [-0.4, -0.2) is 80.7 Å². The Labute approximate surface area is 120 Å². The number of hydrogen-bond acceptors (Lipinski definition) is 6. The van der Waals surface area contributed by atoms with E-state index in [2.05, 4.69) is 25.1 Å². The van der Waals surface area contributed by atoms with Crippen molar-refractivity contribution in [2.75, 3.05) is 41.3 Å². The van der Waals surface area contributed by atoms with Gasteiger partial charge in [0.05, 0.1) is 12.2 Å². The number of nitrogens with zero attached hydrogens (tertiary/aromatic N) is 1. The summed E-state index contributed by atoms with van der Waals surface area (Å²) < 4.78 is 0. The van der Waals surface area contributed by atoms with Gasteiger partial charge in [-0.1, -0.05) is 9.39 Å². The molecule has 0 heterocycles. The zero-order valence-electron chi connectivity index (χ0n) is 13.1. The van der Waals surface area contributed by atoms with Gasteiger partial charge in [-0.25, -0.2) is 0 Å².